The van der Waals surface area contributed by atoms with Gasteiger partial charge in [-0.2, -0.15) is 0 Å². The first-order chi connectivity index (χ1) is 10.1. The van der Waals surface area contributed by atoms with Gasteiger partial charge in [-0.3, -0.25) is 4.79 Å². The van der Waals surface area contributed by atoms with Crippen molar-refractivity contribution in [1.82, 2.24) is 0 Å². The Labute approximate surface area is 125 Å². The highest BCUT2D eigenvalue weighted by Crippen LogP contribution is 2.27. The smallest absolute Gasteiger partial charge is 0.170 e. The minimum absolute atomic E-state index is 0.0517. The van der Waals surface area contributed by atoms with Gasteiger partial charge >= 0.3 is 0 Å². The molecule has 2 aromatic rings. The summed E-state index contributed by atoms with van der Waals surface area (Å²) in [4.78, 5) is 12.6. The summed E-state index contributed by atoms with van der Waals surface area (Å²) in [6.07, 6.45) is 0.340. The second-order valence-electron chi connectivity index (χ2n) is 5.16. The first-order valence-electron chi connectivity index (χ1n) is 7.02. The average molecular weight is 283 g/mol. The fourth-order valence-electron chi connectivity index (χ4n) is 2.47. The Balaban J connectivity index is 2.35. The van der Waals surface area contributed by atoms with Crippen LogP contribution in [0.25, 0.3) is 0 Å². The molecule has 0 heterocycles. The summed E-state index contributed by atoms with van der Waals surface area (Å²) in [6, 6.07) is 11.6. The molecule has 0 saturated carbocycles. The van der Waals surface area contributed by atoms with Crippen molar-refractivity contribution >= 4 is 5.78 Å². The number of nitrogens with two attached hydrogens (primary N) is 1. The summed E-state index contributed by atoms with van der Waals surface area (Å²) in [5.41, 5.74) is 10.5. The number of hydrogen-bond donors (Lipinski definition) is 1. The lowest BCUT2D eigenvalue weighted by Gasteiger charge is -2.13. The molecule has 0 atom stereocenters. The third kappa shape index (κ3) is 3.14. The average Bonchev–Trinajstić information content (AvgIpc) is 2.50. The number of Topliss-reactive ketones (excluding diaryl/α,β-unsaturated/α-hetero) is 1. The van der Waals surface area contributed by atoms with Crippen LogP contribution in [0.1, 0.15) is 32.6 Å². The van der Waals surface area contributed by atoms with E-state index >= 15 is 0 Å². The summed E-state index contributed by atoms with van der Waals surface area (Å²) in [7, 11) is 1.60. The molecule has 2 aromatic carbocycles. The van der Waals surface area contributed by atoms with E-state index in [4.69, 9.17) is 10.5 Å². The van der Waals surface area contributed by atoms with E-state index in [0.717, 1.165) is 22.3 Å². The van der Waals surface area contributed by atoms with Gasteiger partial charge in [-0.15, -0.1) is 0 Å². The van der Waals surface area contributed by atoms with Gasteiger partial charge in [-0.1, -0.05) is 30.3 Å². The Morgan fingerprint density at radius 1 is 1.10 bits per heavy atom. The summed E-state index contributed by atoms with van der Waals surface area (Å²) < 4.78 is 5.43. The van der Waals surface area contributed by atoms with E-state index in [1.54, 1.807) is 7.11 Å². The Hall–Kier alpha value is -2.13. The predicted octanol–water partition coefficient (Wildman–Crippen LogP) is 3.20. The molecule has 110 valence electrons. The van der Waals surface area contributed by atoms with Crippen LogP contribution in [0.2, 0.25) is 0 Å². The third-order valence-electron chi connectivity index (χ3n) is 3.87. The summed E-state index contributed by atoms with van der Waals surface area (Å²) in [5.74, 6) is 0.723. The van der Waals surface area contributed by atoms with Gasteiger partial charge < -0.3 is 10.5 Å². The molecule has 0 aliphatic heterocycles. The van der Waals surface area contributed by atoms with Crippen LogP contribution in [0.5, 0.6) is 5.75 Å². The molecule has 3 heteroatoms. The summed E-state index contributed by atoms with van der Waals surface area (Å²) in [6.45, 7) is 4.42. The van der Waals surface area contributed by atoms with Crippen LogP contribution in [0.4, 0.5) is 0 Å². The largest absolute Gasteiger partial charge is 0.496 e. The van der Waals surface area contributed by atoms with Crippen LogP contribution >= 0.6 is 0 Å². The molecule has 0 radical (unpaired) electrons. The number of benzene rings is 2. The maximum atomic E-state index is 12.6. The van der Waals surface area contributed by atoms with Gasteiger partial charge in [-0.05, 0) is 42.2 Å². The fourth-order valence-corrected chi connectivity index (χ4v) is 2.47. The van der Waals surface area contributed by atoms with Gasteiger partial charge in [0.15, 0.2) is 5.78 Å². The van der Waals surface area contributed by atoms with E-state index in [1.165, 1.54) is 0 Å². The van der Waals surface area contributed by atoms with Gasteiger partial charge in [-0.25, -0.2) is 0 Å². The molecule has 2 rings (SSSR count). The lowest BCUT2D eigenvalue weighted by Crippen LogP contribution is -2.10. The van der Waals surface area contributed by atoms with E-state index in [2.05, 4.69) is 0 Å². The molecule has 0 fully saturated rings. The van der Waals surface area contributed by atoms with Gasteiger partial charge in [0.2, 0.25) is 0 Å². The highest BCUT2D eigenvalue weighted by molar-refractivity contribution is 6.00. The van der Waals surface area contributed by atoms with Crippen LogP contribution in [-0.4, -0.2) is 12.9 Å². The highest BCUT2D eigenvalue weighted by atomic mass is 16.5. The second kappa shape index (κ2) is 6.55. The molecule has 0 aromatic heterocycles. The van der Waals surface area contributed by atoms with Crippen LogP contribution in [0, 0.1) is 13.8 Å². The van der Waals surface area contributed by atoms with Crippen molar-refractivity contribution in [3.63, 3.8) is 0 Å². The fraction of sp³-hybridized carbons (Fsp3) is 0.278. The molecule has 0 unspecified atom stereocenters. The number of ketones is 1. The van der Waals surface area contributed by atoms with Crippen molar-refractivity contribution in [2.75, 3.05) is 7.11 Å². The minimum Gasteiger partial charge on any atom is -0.496 e. The number of carbonyl (C=O) groups is 1. The first kappa shape index (κ1) is 15.3. The van der Waals surface area contributed by atoms with Crippen molar-refractivity contribution in [3.8, 4) is 5.75 Å². The molecule has 0 amide bonds. The van der Waals surface area contributed by atoms with Gasteiger partial charge in [0.1, 0.15) is 5.75 Å². The molecule has 0 bridgehead atoms. The van der Waals surface area contributed by atoms with Gasteiger partial charge in [0.05, 0.1) is 12.7 Å². The Morgan fingerprint density at radius 3 is 2.38 bits per heavy atom. The van der Waals surface area contributed by atoms with Crippen molar-refractivity contribution in [2.45, 2.75) is 26.8 Å². The molecule has 21 heavy (non-hydrogen) atoms. The zero-order valence-corrected chi connectivity index (χ0v) is 12.8. The second-order valence-corrected chi connectivity index (χ2v) is 5.16. The van der Waals surface area contributed by atoms with Gasteiger partial charge in [0.25, 0.3) is 0 Å². The number of hydrogen-bond acceptors (Lipinski definition) is 3. The SMILES string of the molecule is COc1c(C(=O)Cc2ccccc2CN)ccc(C)c1C. The molecular weight excluding hydrogens is 262 g/mol. The molecule has 0 spiro atoms. The number of rotatable bonds is 5. The van der Waals surface area contributed by atoms with E-state index in [1.807, 2.05) is 50.2 Å². The molecular formula is C18H21NO2. The zero-order valence-electron chi connectivity index (χ0n) is 12.8. The maximum absolute atomic E-state index is 12.6. The van der Waals surface area contributed by atoms with E-state index in [-0.39, 0.29) is 5.78 Å². The predicted molar refractivity (Wildman–Crippen MR) is 84.8 cm³/mol. The van der Waals surface area contributed by atoms with Crippen molar-refractivity contribution in [3.05, 3.63) is 64.2 Å². The number of methoxy groups -OCH3 is 1. The quantitative estimate of drug-likeness (QED) is 0.857. The Kier molecular flexibility index (Phi) is 4.76. The standard InChI is InChI=1S/C18H21NO2/c1-12-8-9-16(18(21-3)13(12)2)17(20)10-14-6-4-5-7-15(14)11-19/h4-9H,10-11,19H2,1-3H3. The summed E-state index contributed by atoms with van der Waals surface area (Å²) >= 11 is 0. The van der Waals surface area contributed by atoms with Gasteiger partial charge in [0, 0.05) is 13.0 Å². The normalized spacial score (nSPS) is 10.5. The topological polar surface area (TPSA) is 52.3 Å². The van der Waals surface area contributed by atoms with Crippen LogP contribution in [-0.2, 0) is 13.0 Å². The van der Waals surface area contributed by atoms with Crippen LogP contribution in [0.15, 0.2) is 36.4 Å². The number of ether oxygens (including phenoxy) is 1. The maximum Gasteiger partial charge on any atom is 0.170 e. The lowest BCUT2D eigenvalue weighted by molar-refractivity contribution is 0.0989. The minimum atomic E-state index is 0.0517. The Morgan fingerprint density at radius 2 is 1.76 bits per heavy atom. The zero-order chi connectivity index (χ0) is 15.4. The molecule has 3 nitrogen and oxygen atoms in total. The lowest BCUT2D eigenvalue weighted by atomic mass is 9.95. The molecule has 0 saturated heterocycles. The number of carbonyl (C=O) groups excluding carboxylic acids is 1. The molecule has 0 aliphatic carbocycles. The molecule has 0 aliphatic rings. The summed E-state index contributed by atoms with van der Waals surface area (Å²) in [5, 5.41) is 0. The monoisotopic (exact) mass is 283 g/mol. The molecule has 2 N–H and O–H groups in total. The van der Waals surface area contributed by atoms with Crippen molar-refractivity contribution < 1.29 is 9.53 Å². The van der Waals surface area contributed by atoms with E-state index in [9.17, 15) is 4.79 Å². The van der Waals surface area contributed by atoms with Crippen LogP contribution < -0.4 is 10.5 Å². The van der Waals surface area contributed by atoms with Crippen LogP contribution in [0.3, 0.4) is 0 Å². The third-order valence-corrected chi connectivity index (χ3v) is 3.87. The Bertz CT molecular complexity index is 662. The number of aryl methyl sites for hydroxylation is 1. The van der Waals surface area contributed by atoms with E-state index in [0.29, 0.717) is 24.3 Å². The first-order valence-corrected chi connectivity index (χ1v) is 7.02. The van der Waals surface area contributed by atoms with Crippen molar-refractivity contribution in [1.29, 1.82) is 0 Å². The van der Waals surface area contributed by atoms with Crippen molar-refractivity contribution in [2.24, 2.45) is 5.73 Å². The van der Waals surface area contributed by atoms with E-state index < -0.39 is 0 Å². The highest BCUT2D eigenvalue weighted by Gasteiger charge is 2.16.